The van der Waals surface area contributed by atoms with E-state index in [0.29, 0.717) is 28.5 Å². The molecule has 0 atom stereocenters. The van der Waals surface area contributed by atoms with Crippen molar-refractivity contribution < 1.29 is 4.79 Å². The van der Waals surface area contributed by atoms with Crippen LogP contribution in [0.5, 0.6) is 0 Å². The first-order valence-electron chi connectivity index (χ1n) is 7.07. The number of carbonyl (C=O) groups excluding carboxylic acids is 1. The van der Waals surface area contributed by atoms with Gasteiger partial charge < -0.3 is 5.32 Å². The van der Waals surface area contributed by atoms with Crippen LogP contribution in [-0.4, -0.2) is 22.3 Å². The molecular weight excluding hydrogens is 262 g/mol. The molecule has 0 saturated heterocycles. The second-order valence-corrected chi connectivity index (χ2v) is 5.88. The van der Waals surface area contributed by atoms with E-state index in [9.17, 15) is 4.79 Å². The Balaban J connectivity index is 1.85. The van der Waals surface area contributed by atoms with Gasteiger partial charge in [-0.15, -0.1) is 0 Å². The normalized spacial score (nSPS) is 20.3. The van der Waals surface area contributed by atoms with E-state index in [2.05, 4.69) is 15.3 Å². The molecule has 1 heterocycles. The van der Waals surface area contributed by atoms with Gasteiger partial charge in [-0.2, -0.15) is 0 Å². The summed E-state index contributed by atoms with van der Waals surface area (Å²) in [6.45, 7) is 0. The predicted molar refractivity (Wildman–Crippen MR) is 74.9 cm³/mol. The summed E-state index contributed by atoms with van der Waals surface area (Å²) in [6.07, 6.45) is 9.05. The number of nitrogens with one attached hydrogen (secondary N) is 1. The van der Waals surface area contributed by atoms with Gasteiger partial charge in [0.2, 0.25) is 0 Å². The summed E-state index contributed by atoms with van der Waals surface area (Å²) in [4.78, 5) is 19.8. The summed E-state index contributed by atoms with van der Waals surface area (Å²) in [6, 6.07) is 0.424. The minimum atomic E-state index is 0.317. The summed E-state index contributed by atoms with van der Waals surface area (Å²) in [5.41, 5.74) is 0.317. The molecule has 2 fully saturated rings. The molecule has 1 N–H and O–H groups in total. The molecule has 0 spiro atoms. The smallest absolute Gasteiger partial charge is 0.170 e. The van der Waals surface area contributed by atoms with E-state index in [1.807, 2.05) is 0 Å². The molecular formula is C14H18ClN3O. The van der Waals surface area contributed by atoms with Crippen molar-refractivity contribution in [2.75, 3.05) is 5.32 Å². The molecule has 1 aromatic heterocycles. The van der Waals surface area contributed by atoms with E-state index in [4.69, 9.17) is 11.6 Å². The van der Waals surface area contributed by atoms with E-state index >= 15 is 0 Å². The third-order valence-electron chi connectivity index (χ3n) is 3.89. The van der Waals surface area contributed by atoms with Crippen LogP contribution in [0, 0.1) is 0 Å². The summed E-state index contributed by atoms with van der Waals surface area (Å²) in [7, 11) is 0. The van der Waals surface area contributed by atoms with Crippen LogP contribution >= 0.6 is 11.6 Å². The van der Waals surface area contributed by atoms with Gasteiger partial charge in [0.1, 0.15) is 22.4 Å². The average molecular weight is 280 g/mol. The van der Waals surface area contributed by atoms with E-state index in [1.54, 1.807) is 0 Å². The van der Waals surface area contributed by atoms with E-state index in [0.717, 1.165) is 37.8 Å². The van der Waals surface area contributed by atoms with Gasteiger partial charge in [-0.3, -0.25) is 4.79 Å². The van der Waals surface area contributed by atoms with Crippen LogP contribution in [-0.2, 0) is 0 Å². The van der Waals surface area contributed by atoms with Crippen LogP contribution in [0.4, 0.5) is 5.82 Å². The zero-order valence-corrected chi connectivity index (χ0v) is 11.6. The molecule has 0 aliphatic heterocycles. The Morgan fingerprint density at radius 1 is 1.11 bits per heavy atom. The number of aromatic nitrogens is 2. The fourth-order valence-corrected chi connectivity index (χ4v) is 2.80. The molecule has 0 unspecified atom stereocenters. The fraction of sp³-hybridized carbons (Fsp3) is 0.643. The molecule has 2 aliphatic rings. The van der Waals surface area contributed by atoms with Crippen molar-refractivity contribution in [3.8, 4) is 0 Å². The van der Waals surface area contributed by atoms with Gasteiger partial charge >= 0.3 is 0 Å². The van der Waals surface area contributed by atoms with Gasteiger partial charge in [0, 0.05) is 12.0 Å². The minimum absolute atomic E-state index is 0.317. The molecule has 3 rings (SSSR count). The predicted octanol–water partition coefficient (Wildman–Crippen LogP) is 3.56. The first-order chi connectivity index (χ1) is 9.28. The highest BCUT2D eigenvalue weighted by Crippen LogP contribution is 2.39. The maximum Gasteiger partial charge on any atom is 0.170 e. The highest BCUT2D eigenvalue weighted by molar-refractivity contribution is 6.35. The lowest BCUT2D eigenvalue weighted by Gasteiger charge is -2.24. The lowest BCUT2D eigenvalue weighted by Crippen LogP contribution is -2.23. The van der Waals surface area contributed by atoms with Crippen molar-refractivity contribution in [1.82, 2.24) is 9.97 Å². The van der Waals surface area contributed by atoms with Gasteiger partial charge in [0.15, 0.2) is 6.29 Å². The number of aldehydes is 1. The highest BCUT2D eigenvalue weighted by atomic mass is 35.5. The molecule has 19 heavy (non-hydrogen) atoms. The van der Waals surface area contributed by atoms with Crippen LogP contribution in [0.25, 0.3) is 0 Å². The number of hydrogen-bond acceptors (Lipinski definition) is 4. The second-order valence-electron chi connectivity index (χ2n) is 5.50. The number of halogens is 1. The average Bonchev–Trinajstić information content (AvgIpc) is 3.27. The van der Waals surface area contributed by atoms with Gasteiger partial charge in [-0.25, -0.2) is 9.97 Å². The number of hydrogen-bond donors (Lipinski definition) is 1. The van der Waals surface area contributed by atoms with Crippen molar-refractivity contribution in [2.45, 2.75) is 56.9 Å². The molecule has 5 heteroatoms. The van der Waals surface area contributed by atoms with Gasteiger partial charge in [0.25, 0.3) is 0 Å². The van der Waals surface area contributed by atoms with Crippen molar-refractivity contribution in [3.05, 3.63) is 16.5 Å². The first kappa shape index (κ1) is 12.9. The van der Waals surface area contributed by atoms with Crippen LogP contribution in [0.15, 0.2) is 0 Å². The van der Waals surface area contributed by atoms with Crippen molar-refractivity contribution >= 4 is 23.7 Å². The Hall–Kier alpha value is -1.16. The topological polar surface area (TPSA) is 54.9 Å². The molecule has 2 aliphatic carbocycles. The van der Waals surface area contributed by atoms with Crippen molar-refractivity contribution in [2.24, 2.45) is 0 Å². The van der Waals surface area contributed by atoms with Crippen LogP contribution in [0.3, 0.4) is 0 Å². The molecule has 0 radical (unpaired) electrons. The van der Waals surface area contributed by atoms with Gasteiger partial charge in [-0.1, -0.05) is 30.9 Å². The molecule has 0 bridgehead atoms. The molecule has 2 saturated carbocycles. The third kappa shape index (κ3) is 2.89. The van der Waals surface area contributed by atoms with Crippen LogP contribution in [0.2, 0.25) is 5.02 Å². The molecule has 0 amide bonds. The van der Waals surface area contributed by atoms with Crippen LogP contribution < -0.4 is 5.32 Å². The summed E-state index contributed by atoms with van der Waals surface area (Å²) < 4.78 is 0. The Labute approximate surface area is 118 Å². The quantitative estimate of drug-likeness (QED) is 0.856. The largest absolute Gasteiger partial charge is 0.366 e. The monoisotopic (exact) mass is 279 g/mol. The first-order valence-corrected chi connectivity index (χ1v) is 7.45. The van der Waals surface area contributed by atoms with E-state index in [-0.39, 0.29) is 0 Å². The lowest BCUT2D eigenvalue weighted by atomic mass is 9.95. The van der Waals surface area contributed by atoms with E-state index in [1.165, 1.54) is 19.3 Å². The SMILES string of the molecule is O=Cc1nc(C2CC2)nc(NC2CCCCC2)c1Cl. The number of rotatable bonds is 4. The molecule has 0 aromatic carbocycles. The van der Waals surface area contributed by atoms with Gasteiger partial charge in [-0.05, 0) is 25.7 Å². The summed E-state index contributed by atoms with van der Waals surface area (Å²) in [5.74, 6) is 1.83. The zero-order chi connectivity index (χ0) is 13.2. The van der Waals surface area contributed by atoms with Crippen molar-refractivity contribution in [3.63, 3.8) is 0 Å². The third-order valence-corrected chi connectivity index (χ3v) is 4.27. The molecule has 102 valence electrons. The Bertz CT molecular complexity index is 482. The standard InChI is InChI=1S/C14H18ClN3O/c15-12-11(8-19)17-13(9-6-7-9)18-14(12)16-10-4-2-1-3-5-10/h8-10H,1-7H2,(H,16,17,18). The van der Waals surface area contributed by atoms with Crippen molar-refractivity contribution in [1.29, 1.82) is 0 Å². The highest BCUT2D eigenvalue weighted by Gasteiger charge is 2.29. The van der Waals surface area contributed by atoms with Crippen LogP contribution in [0.1, 0.15) is 67.2 Å². The van der Waals surface area contributed by atoms with Gasteiger partial charge in [0.05, 0.1) is 0 Å². The lowest BCUT2D eigenvalue weighted by molar-refractivity contribution is 0.111. The maximum absolute atomic E-state index is 11.1. The Kier molecular flexibility index (Phi) is 3.69. The Morgan fingerprint density at radius 2 is 1.84 bits per heavy atom. The number of nitrogens with zero attached hydrogens (tertiary/aromatic N) is 2. The summed E-state index contributed by atoms with van der Waals surface area (Å²) >= 11 is 6.21. The molecule has 4 nitrogen and oxygen atoms in total. The minimum Gasteiger partial charge on any atom is -0.366 e. The Morgan fingerprint density at radius 3 is 2.47 bits per heavy atom. The molecule has 1 aromatic rings. The number of anilines is 1. The zero-order valence-electron chi connectivity index (χ0n) is 10.9. The second kappa shape index (κ2) is 5.45. The van der Waals surface area contributed by atoms with E-state index < -0.39 is 0 Å². The number of carbonyl (C=O) groups is 1. The maximum atomic E-state index is 11.1. The summed E-state index contributed by atoms with van der Waals surface area (Å²) in [5, 5.41) is 3.77. The fourth-order valence-electron chi connectivity index (χ4n) is 2.62.